The SMILES string of the molecule is Clc1cc(Cl)c2c(OCCc3ccc(-c4ccccc4)cc3)ccnc2c1. The number of aromatic nitrogens is 1. The Morgan fingerprint density at radius 3 is 2.33 bits per heavy atom. The summed E-state index contributed by atoms with van der Waals surface area (Å²) in [4.78, 5) is 4.32. The molecule has 0 spiro atoms. The number of pyridine rings is 1. The predicted molar refractivity (Wildman–Crippen MR) is 113 cm³/mol. The lowest BCUT2D eigenvalue weighted by molar-refractivity contribution is 0.325. The van der Waals surface area contributed by atoms with Crippen LogP contribution < -0.4 is 4.74 Å². The molecule has 0 aliphatic heterocycles. The lowest BCUT2D eigenvalue weighted by Crippen LogP contribution is -2.02. The van der Waals surface area contributed by atoms with Crippen LogP contribution in [0.4, 0.5) is 0 Å². The maximum Gasteiger partial charge on any atom is 0.131 e. The number of hydrogen-bond donors (Lipinski definition) is 0. The quantitative estimate of drug-likeness (QED) is 0.370. The molecule has 4 rings (SSSR count). The van der Waals surface area contributed by atoms with Gasteiger partial charge in [0.05, 0.1) is 22.5 Å². The van der Waals surface area contributed by atoms with Gasteiger partial charge in [-0.25, -0.2) is 0 Å². The van der Waals surface area contributed by atoms with Crippen LogP contribution in [0.25, 0.3) is 22.0 Å². The maximum atomic E-state index is 6.33. The summed E-state index contributed by atoms with van der Waals surface area (Å²) in [7, 11) is 0. The Morgan fingerprint density at radius 2 is 1.56 bits per heavy atom. The molecule has 0 aliphatic rings. The van der Waals surface area contributed by atoms with E-state index >= 15 is 0 Å². The Hall–Kier alpha value is -2.55. The largest absolute Gasteiger partial charge is 0.492 e. The highest BCUT2D eigenvalue weighted by atomic mass is 35.5. The van der Waals surface area contributed by atoms with Crippen molar-refractivity contribution in [2.24, 2.45) is 0 Å². The molecule has 0 bridgehead atoms. The summed E-state index contributed by atoms with van der Waals surface area (Å²) in [6.07, 6.45) is 2.52. The van der Waals surface area contributed by atoms with Crippen LogP contribution in [0.1, 0.15) is 5.56 Å². The molecule has 0 fully saturated rings. The molecule has 2 nitrogen and oxygen atoms in total. The third-order valence-corrected chi connectivity index (χ3v) is 4.95. The topological polar surface area (TPSA) is 22.1 Å². The molecule has 0 N–H and O–H groups in total. The van der Waals surface area contributed by atoms with Crippen molar-refractivity contribution in [1.82, 2.24) is 4.98 Å². The fourth-order valence-electron chi connectivity index (χ4n) is 3.07. The fraction of sp³-hybridized carbons (Fsp3) is 0.0870. The van der Waals surface area contributed by atoms with Gasteiger partial charge in [-0.2, -0.15) is 0 Å². The summed E-state index contributed by atoms with van der Waals surface area (Å²) in [5.74, 6) is 0.725. The number of ether oxygens (including phenoxy) is 1. The van der Waals surface area contributed by atoms with Crippen LogP contribution in [-0.2, 0) is 6.42 Å². The van der Waals surface area contributed by atoms with E-state index in [1.807, 2.05) is 12.1 Å². The molecule has 0 aliphatic carbocycles. The van der Waals surface area contributed by atoms with Gasteiger partial charge >= 0.3 is 0 Å². The fourth-order valence-corrected chi connectivity index (χ4v) is 3.64. The molecule has 4 aromatic rings. The molecule has 0 saturated heterocycles. The first-order valence-corrected chi connectivity index (χ1v) is 9.47. The molecule has 3 aromatic carbocycles. The molecule has 4 heteroatoms. The highest BCUT2D eigenvalue weighted by Crippen LogP contribution is 2.33. The number of nitrogens with zero attached hydrogens (tertiary/aromatic N) is 1. The summed E-state index contributed by atoms with van der Waals surface area (Å²) in [6, 6.07) is 24.3. The Balaban J connectivity index is 1.45. The third-order valence-electron chi connectivity index (χ3n) is 4.43. The standard InChI is InChI=1S/C23H17Cl2NO/c24-19-14-20(25)23-21(15-19)26-12-10-22(23)27-13-11-16-6-8-18(9-7-16)17-4-2-1-3-5-17/h1-10,12,14-15H,11,13H2. The van der Waals surface area contributed by atoms with Crippen molar-refractivity contribution in [1.29, 1.82) is 0 Å². The van der Waals surface area contributed by atoms with Crippen LogP contribution in [0.3, 0.4) is 0 Å². The van der Waals surface area contributed by atoms with Crippen molar-refractivity contribution in [3.63, 3.8) is 0 Å². The van der Waals surface area contributed by atoms with Crippen LogP contribution in [-0.4, -0.2) is 11.6 Å². The Labute approximate surface area is 168 Å². The van der Waals surface area contributed by atoms with E-state index in [0.717, 1.165) is 23.1 Å². The zero-order valence-electron chi connectivity index (χ0n) is 14.5. The van der Waals surface area contributed by atoms with Crippen LogP contribution in [0.5, 0.6) is 5.75 Å². The van der Waals surface area contributed by atoms with Gasteiger partial charge in [-0.05, 0) is 34.9 Å². The Kier molecular flexibility index (Phi) is 5.28. The summed E-state index contributed by atoms with van der Waals surface area (Å²) >= 11 is 12.4. The van der Waals surface area contributed by atoms with Gasteiger partial charge in [0.2, 0.25) is 0 Å². The van der Waals surface area contributed by atoms with Gasteiger partial charge in [0.15, 0.2) is 0 Å². The minimum Gasteiger partial charge on any atom is -0.492 e. The van der Waals surface area contributed by atoms with E-state index in [4.69, 9.17) is 27.9 Å². The van der Waals surface area contributed by atoms with Crippen molar-refractivity contribution in [2.75, 3.05) is 6.61 Å². The van der Waals surface area contributed by atoms with Crippen LogP contribution in [0.2, 0.25) is 10.0 Å². The first-order chi connectivity index (χ1) is 13.2. The van der Waals surface area contributed by atoms with Gasteiger partial charge in [0.1, 0.15) is 5.75 Å². The minimum atomic E-state index is 0.549. The summed E-state index contributed by atoms with van der Waals surface area (Å²) in [5.41, 5.74) is 4.39. The third kappa shape index (κ3) is 4.08. The number of benzene rings is 3. The molecule has 0 atom stereocenters. The zero-order valence-corrected chi connectivity index (χ0v) is 16.0. The van der Waals surface area contributed by atoms with Crippen molar-refractivity contribution in [2.45, 2.75) is 6.42 Å². The normalized spacial score (nSPS) is 10.9. The first-order valence-electron chi connectivity index (χ1n) is 8.71. The molecule has 1 aromatic heterocycles. The van der Waals surface area contributed by atoms with Gasteiger partial charge < -0.3 is 4.74 Å². The molecule has 0 radical (unpaired) electrons. The lowest BCUT2D eigenvalue weighted by atomic mass is 10.0. The van der Waals surface area contributed by atoms with E-state index in [1.165, 1.54) is 16.7 Å². The zero-order chi connectivity index (χ0) is 18.6. The number of halogens is 2. The second-order valence-corrected chi connectivity index (χ2v) is 7.10. The van der Waals surface area contributed by atoms with Crippen molar-refractivity contribution in [3.8, 4) is 16.9 Å². The van der Waals surface area contributed by atoms with Gasteiger partial charge in [0.25, 0.3) is 0 Å². The average molecular weight is 394 g/mol. The predicted octanol–water partition coefficient (Wildman–Crippen LogP) is 6.83. The molecule has 0 saturated carbocycles. The van der Waals surface area contributed by atoms with Crippen LogP contribution in [0.15, 0.2) is 79.0 Å². The van der Waals surface area contributed by atoms with Crippen LogP contribution >= 0.6 is 23.2 Å². The summed E-state index contributed by atoms with van der Waals surface area (Å²) in [6.45, 7) is 0.558. The molecule has 134 valence electrons. The molecular weight excluding hydrogens is 377 g/mol. The summed E-state index contributed by atoms with van der Waals surface area (Å²) < 4.78 is 5.99. The maximum absolute atomic E-state index is 6.33. The first kappa shape index (κ1) is 17.8. The van der Waals surface area contributed by atoms with Crippen molar-refractivity contribution >= 4 is 34.1 Å². The highest BCUT2D eigenvalue weighted by Gasteiger charge is 2.09. The minimum absolute atomic E-state index is 0.549. The van der Waals surface area contributed by atoms with E-state index in [0.29, 0.717) is 16.7 Å². The van der Waals surface area contributed by atoms with E-state index in [2.05, 4.69) is 53.5 Å². The Morgan fingerprint density at radius 1 is 0.815 bits per heavy atom. The number of fused-ring (bicyclic) bond motifs is 1. The highest BCUT2D eigenvalue weighted by molar-refractivity contribution is 6.39. The van der Waals surface area contributed by atoms with Crippen LogP contribution in [0, 0.1) is 0 Å². The van der Waals surface area contributed by atoms with E-state index in [9.17, 15) is 0 Å². The number of rotatable bonds is 5. The van der Waals surface area contributed by atoms with E-state index < -0.39 is 0 Å². The molecule has 1 heterocycles. The lowest BCUT2D eigenvalue weighted by Gasteiger charge is -2.11. The second kappa shape index (κ2) is 7.99. The van der Waals surface area contributed by atoms with E-state index in [-0.39, 0.29) is 0 Å². The monoisotopic (exact) mass is 393 g/mol. The number of hydrogen-bond acceptors (Lipinski definition) is 2. The Bertz CT molecular complexity index is 1060. The van der Waals surface area contributed by atoms with Gasteiger partial charge in [-0.1, -0.05) is 77.8 Å². The molecule has 0 amide bonds. The molecule has 27 heavy (non-hydrogen) atoms. The smallest absolute Gasteiger partial charge is 0.131 e. The van der Waals surface area contributed by atoms with Gasteiger partial charge in [-0.3, -0.25) is 4.98 Å². The molecule has 0 unspecified atom stereocenters. The average Bonchev–Trinajstić information content (AvgIpc) is 2.69. The van der Waals surface area contributed by atoms with Gasteiger partial charge in [-0.15, -0.1) is 0 Å². The molecular formula is C23H17Cl2NO. The van der Waals surface area contributed by atoms with Gasteiger partial charge in [0, 0.05) is 17.6 Å². The summed E-state index contributed by atoms with van der Waals surface area (Å²) in [5, 5.41) is 1.91. The van der Waals surface area contributed by atoms with Crippen molar-refractivity contribution < 1.29 is 4.74 Å². The second-order valence-electron chi connectivity index (χ2n) is 6.25. The van der Waals surface area contributed by atoms with Crippen molar-refractivity contribution in [3.05, 3.63) is 94.6 Å². The van der Waals surface area contributed by atoms with E-state index in [1.54, 1.807) is 18.3 Å².